The number of pyridine rings is 1. The van der Waals surface area contributed by atoms with Crippen LogP contribution < -0.4 is 5.32 Å². The number of fused-ring (bicyclic) bond motifs is 1. The number of rotatable bonds is 5. The summed E-state index contributed by atoms with van der Waals surface area (Å²) in [6, 6.07) is 5.21. The van der Waals surface area contributed by atoms with E-state index in [-0.39, 0.29) is 10.6 Å². The van der Waals surface area contributed by atoms with E-state index in [1.807, 2.05) is 12.1 Å². The molecule has 1 fully saturated rings. The third-order valence-electron chi connectivity index (χ3n) is 4.81. The van der Waals surface area contributed by atoms with Gasteiger partial charge < -0.3 is 5.32 Å². The van der Waals surface area contributed by atoms with Crippen LogP contribution in [-0.2, 0) is 0 Å². The predicted octanol–water partition coefficient (Wildman–Crippen LogP) is 4.14. The molecule has 5 nitrogen and oxygen atoms in total. The van der Waals surface area contributed by atoms with Gasteiger partial charge in [0.1, 0.15) is 0 Å². The minimum Gasteiger partial charge on any atom is -0.384 e. The molecule has 1 aliphatic carbocycles. The second-order valence-electron chi connectivity index (χ2n) is 5.87. The summed E-state index contributed by atoms with van der Waals surface area (Å²) in [6.45, 7) is 3.16. The average molecular weight is 285 g/mol. The number of nitro groups is 1. The van der Waals surface area contributed by atoms with Gasteiger partial charge in [0.25, 0.3) is 5.69 Å². The minimum atomic E-state index is -0.354. The van der Waals surface area contributed by atoms with Gasteiger partial charge in [-0.3, -0.25) is 15.1 Å². The summed E-state index contributed by atoms with van der Waals surface area (Å²) in [5.41, 5.74) is 1.47. The molecular formula is C16H19N3O2. The molecular weight excluding hydrogens is 266 g/mol. The van der Waals surface area contributed by atoms with E-state index in [1.54, 1.807) is 18.5 Å². The van der Waals surface area contributed by atoms with Crippen molar-refractivity contribution in [2.45, 2.75) is 32.6 Å². The standard InChI is InChI=1S/C16H19N3O2/c1-2-16(7-3-8-16)11-18-14-4-5-15(19(20)21)13-10-17-9-6-12(13)14/h4-6,9-10,18H,2-3,7-8,11H2,1H3. The van der Waals surface area contributed by atoms with E-state index in [4.69, 9.17) is 0 Å². The fourth-order valence-corrected chi connectivity index (χ4v) is 3.10. The van der Waals surface area contributed by atoms with Crippen LogP contribution in [0.1, 0.15) is 32.6 Å². The number of aromatic nitrogens is 1. The first-order valence-electron chi connectivity index (χ1n) is 7.40. The normalized spacial score (nSPS) is 16.4. The van der Waals surface area contributed by atoms with Crippen LogP contribution in [0.4, 0.5) is 11.4 Å². The molecule has 0 unspecified atom stereocenters. The molecule has 0 amide bonds. The maximum Gasteiger partial charge on any atom is 0.278 e. The molecule has 0 saturated heterocycles. The Hall–Kier alpha value is -2.17. The maximum atomic E-state index is 11.1. The number of nitro benzene ring substituents is 1. The quantitative estimate of drug-likeness (QED) is 0.662. The summed E-state index contributed by atoms with van der Waals surface area (Å²) in [5.74, 6) is 0. The van der Waals surface area contributed by atoms with Gasteiger partial charge in [0.15, 0.2) is 0 Å². The lowest BCUT2D eigenvalue weighted by Gasteiger charge is -2.41. The predicted molar refractivity (Wildman–Crippen MR) is 83.5 cm³/mol. The number of hydrogen-bond acceptors (Lipinski definition) is 4. The maximum absolute atomic E-state index is 11.1. The Labute approximate surface area is 123 Å². The molecule has 0 atom stereocenters. The van der Waals surface area contributed by atoms with Gasteiger partial charge in [-0.25, -0.2) is 0 Å². The zero-order valence-corrected chi connectivity index (χ0v) is 12.1. The van der Waals surface area contributed by atoms with Crippen LogP contribution >= 0.6 is 0 Å². The molecule has 1 aliphatic rings. The summed E-state index contributed by atoms with van der Waals surface area (Å²) < 4.78 is 0. The lowest BCUT2D eigenvalue weighted by molar-refractivity contribution is -0.383. The lowest BCUT2D eigenvalue weighted by atomic mass is 9.67. The molecule has 110 valence electrons. The van der Waals surface area contributed by atoms with Gasteiger partial charge in [0.05, 0.1) is 10.3 Å². The van der Waals surface area contributed by atoms with Crippen LogP contribution in [0.2, 0.25) is 0 Å². The average Bonchev–Trinajstić information content (AvgIpc) is 2.46. The molecule has 1 heterocycles. The molecule has 0 radical (unpaired) electrons. The monoisotopic (exact) mass is 285 g/mol. The molecule has 0 aliphatic heterocycles. The molecule has 1 aromatic heterocycles. The fourth-order valence-electron chi connectivity index (χ4n) is 3.10. The highest BCUT2D eigenvalue weighted by atomic mass is 16.6. The Bertz CT molecular complexity index is 675. The van der Waals surface area contributed by atoms with Crippen LogP contribution in [0.15, 0.2) is 30.6 Å². The Morgan fingerprint density at radius 1 is 1.33 bits per heavy atom. The van der Waals surface area contributed by atoms with Crippen molar-refractivity contribution in [2.24, 2.45) is 5.41 Å². The van der Waals surface area contributed by atoms with E-state index in [1.165, 1.54) is 25.7 Å². The van der Waals surface area contributed by atoms with Crippen molar-refractivity contribution in [3.05, 3.63) is 40.7 Å². The first kappa shape index (κ1) is 13.8. The molecule has 5 heteroatoms. The highest BCUT2D eigenvalue weighted by Crippen LogP contribution is 2.44. The van der Waals surface area contributed by atoms with Crippen molar-refractivity contribution in [3.8, 4) is 0 Å². The van der Waals surface area contributed by atoms with Gasteiger partial charge in [-0.2, -0.15) is 0 Å². The molecule has 21 heavy (non-hydrogen) atoms. The number of hydrogen-bond donors (Lipinski definition) is 1. The summed E-state index contributed by atoms with van der Waals surface area (Å²) in [7, 11) is 0. The van der Waals surface area contributed by atoms with Crippen molar-refractivity contribution < 1.29 is 4.92 Å². The lowest BCUT2D eigenvalue weighted by Crippen LogP contribution is -2.35. The zero-order chi connectivity index (χ0) is 14.9. The highest BCUT2D eigenvalue weighted by molar-refractivity contribution is 5.99. The van der Waals surface area contributed by atoms with Crippen molar-refractivity contribution in [1.29, 1.82) is 0 Å². The third kappa shape index (κ3) is 2.44. The Kier molecular flexibility index (Phi) is 3.49. The number of nitrogens with zero attached hydrogens (tertiary/aromatic N) is 2. The largest absolute Gasteiger partial charge is 0.384 e. The second-order valence-corrected chi connectivity index (χ2v) is 5.87. The van der Waals surface area contributed by atoms with Gasteiger partial charge in [-0.15, -0.1) is 0 Å². The van der Waals surface area contributed by atoms with Crippen molar-refractivity contribution in [3.63, 3.8) is 0 Å². The van der Waals surface area contributed by atoms with Gasteiger partial charge >= 0.3 is 0 Å². The topological polar surface area (TPSA) is 68.1 Å². The summed E-state index contributed by atoms with van der Waals surface area (Å²) >= 11 is 0. The zero-order valence-electron chi connectivity index (χ0n) is 12.1. The molecule has 3 rings (SSSR count). The van der Waals surface area contributed by atoms with Crippen LogP contribution in [0.5, 0.6) is 0 Å². The van der Waals surface area contributed by atoms with Gasteiger partial charge in [-0.05, 0) is 36.8 Å². The molecule has 0 bridgehead atoms. The first-order valence-corrected chi connectivity index (χ1v) is 7.40. The van der Waals surface area contributed by atoms with Crippen LogP contribution in [-0.4, -0.2) is 16.5 Å². The molecule has 1 N–H and O–H groups in total. The molecule has 2 aromatic rings. The third-order valence-corrected chi connectivity index (χ3v) is 4.81. The summed E-state index contributed by atoms with van der Waals surface area (Å²) in [6.07, 6.45) is 8.26. The minimum absolute atomic E-state index is 0.109. The van der Waals surface area contributed by atoms with Crippen molar-refractivity contribution in [1.82, 2.24) is 4.98 Å². The van der Waals surface area contributed by atoms with E-state index < -0.39 is 0 Å². The Morgan fingerprint density at radius 2 is 2.14 bits per heavy atom. The van der Waals surface area contributed by atoms with Crippen LogP contribution in [0, 0.1) is 15.5 Å². The Morgan fingerprint density at radius 3 is 2.76 bits per heavy atom. The molecule has 1 saturated carbocycles. The van der Waals surface area contributed by atoms with E-state index >= 15 is 0 Å². The Balaban J connectivity index is 1.93. The highest BCUT2D eigenvalue weighted by Gasteiger charge is 2.34. The van der Waals surface area contributed by atoms with Gasteiger partial charge in [0.2, 0.25) is 0 Å². The van der Waals surface area contributed by atoms with Gasteiger partial charge in [-0.1, -0.05) is 13.3 Å². The number of non-ortho nitro benzene ring substituents is 1. The van der Waals surface area contributed by atoms with Crippen molar-refractivity contribution >= 4 is 22.1 Å². The van der Waals surface area contributed by atoms with E-state index in [0.717, 1.165) is 17.6 Å². The SMILES string of the molecule is CCC1(CNc2ccc([N+](=O)[O-])c3cnccc23)CCC1. The summed E-state index contributed by atoms with van der Waals surface area (Å²) in [4.78, 5) is 14.8. The molecule has 0 spiro atoms. The van der Waals surface area contributed by atoms with Gasteiger partial charge in [0, 0.05) is 36.1 Å². The first-order chi connectivity index (χ1) is 10.2. The number of anilines is 1. The van der Waals surface area contributed by atoms with E-state index in [9.17, 15) is 10.1 Å². The number of benzene rings is 1. The summed E-state index contributed by atoms with van der Waals surface area (Å²) in [5, 5.41) is 16.1. The fraction of sp³-hybridized carbons (Fsp3) is 0.438. The van der Waals surface area contributed by atoms with Crippen LogP contribution in [0.3, 0.4) is 0 Å². The van der Waals surface area contributed by atoms with E-state index in [2.05, 4.69) is 17.2 Å². The van der Waals surface area contributed by atoms with Crippen LogP contribution in [0.25, 0.3) is 10.8 Å². The van der Waals surface area contributed by atoms with E-state index in [0.29, 0.717) is 10.8 Å². The second kappa shape index (κ2) is 5.31. The number of nitrogens with one attached hydrogen (secondary N) is 1. The smallest absolute Gasteiger partial charge is 0.278 e. The van der Waals surface area contributed by atoms with Crippen molar-refractivity contribution in [2.75, 3.05) is 11.9 Å². The molecule has 1 aromatic carbocycles.